The Bertz CT molecular complexity index is 512. The topological polar surface area (TPSA) is 122 Å². The summed E-state index contributed by atoms with van der Waals surface area (Å²) >= 11 is 0. The van der Waals surface area contributed by atoms with Crippen molar-refractivity contribution in [3.8, 4) is 0 Å². The fourth-order valence-corrected chi connectivity index (χ4v) is 2.22. The van der Waals surface area contributed by atoms with Gasteiger partial charge >= 0.3 is 12.1 Å². The molecule has 0 radical (unpaired) electrons. The minimum atomic E-state index is -1.39. The second-order valence-electron chi connectivity index (χ2n) is 6.29. The van der Waals surface area contributed by atoms with E-state index >= 15 is 0 Å². The summed E-state index contributed by atoms with van der Waals surface area (Å²) in [4.78, 5) is 48.8. The standard InChI is InChI=1S/C15H24N2O7/c1-5-23-13(21)10-6-7-11(19)17(10)12(20)9(8-18)16-14(22)24-15(2,3)4/h9-10,18H,5-8H2,1-4H3,(H,16,22)/t9-,10+/m1/s1. The van der Waals surface area contributed by atoms with Crippen molar-refractivity contribution in [1.82, 2.24) is 10.2 Å². The van der Waals surface area contributed by atoms with Crippen molar-refractivity contribution in [1.29, 1.82) is 0 Å². The molecule has 1 rings (SSSR count). The average Bonchev–Trinajstić information content (AvgIpc) is 2.84. The van der Waals surface area contributed by atoms with Crippen molar-refractivity contribution in [2.75, 3.05) is 13.2 Å². The third-order valence-electron chi connectivity index (χ3n) is 3.18. The number of ether oxygens (including phenoxy) is 2. The van der Waals surface area contributed by atoms with E-state index in [1.807, 2.05) is 0 Å². The fourth-order valence-electron chi connectivity index (χ4n) is 2.22. The summed E-state index contributed by atoms with van der Waals surface area (Å²) in [6, 6.07) is -2.43. The van der Waals surface area contributed by atoms with Crippen molar-refractivity contribution >= 4 is 23.9 Å². The molecule has 0 saturated carbocycles. The Hall–Kier alpha value is -2.16. The number of hydrogen-bond acceptors (Lipinski definition) is 7. The average molecular weight is 344 g/mol. The van der Waals surface area contributed by atoms with Crippen LogP contribution in [-0.4, -0.2) is 64.8 Å². The lowest BCUT2D eigenvalue weighted by molar-refractivity contribution is -0.158. The highest BCUT2D eigenvalue weighted by atomic mass is 16.6. The number of imide groups is 1. The molecule has 2 N–H and O–H groups in total. The van der Waals surface area contributed by atoms with Gasteiger partial charge in [-0.05, 0) is 34.1 Å². The van der Waals surface area contributed by atoms with E-state index in [4.69, 9.17) is 9.47 Å². The Balaban J connectivity index is 2.84. The van der Waals surface area contributed by atoms with Gasteiger partial charge in [0.1, 0.15) is 17.7 Å². The summed E-state index contributed by atoms with van der Waals surface area (Å²) < 4.78 is 9.87. The predicted molar refractivity (Wildman–Crippen MR) is 81.8 cm³/mol. The van der Waals surface area contributed by atoms with Gasteiger partial charge in [0.25, 0.3) is 5.91 Å². The summed E-state index contributed by atoms with van der Waals surface area (Å²) in [6.45, 7) is 5.92. The molecule has 0 aromatic heterocycles. The predicted octanol–water partition coefficient (Wildman–Crippen LogP) is -0.0473. The second-order valence-corrected chi connectivity index (χ2v) is 6.29. The number of carbonyl (C=O) groups excluding carboxylic acids is 4. The van der Waals surface area contributed by atoms with Gasteiger partial charge < -0.3 is 19.9 Å². The van der Waals surface area contributed by atoms with Gasteiger partial charge in [-0.3, -0.25) is 14.5 Å². The molecule has 24 heavy (non-hydrogen) atoms. The highest BCUT2D eigenvalue weighted by Crippen LogP contribution is 2.21. The van der Waals surface area contributed by atoms with E-state index in [2.05, 4.69) is 5.32 Å². The lowest BCUT2D eigenvalue weighted by Gasteiger charge is -2.27. The molecular weight excluding hydrogens is 320 g/mol. The first-order chi connectivity index (χ1) is 11.1. The summed E-state index contributed by atoms with van der Waals surface area (Å²) in [6.07, 6.45) is -0.748. The zero-order valence-corrected chi connectivity index (χ0v) is 14.3. The number of esters is 1. The number of rotatable bonds is 5. The van der Waals surface area contributed by atoms with E-state index in [-0.39, 0.29) is 19.4 Å². The van der Waals surface area contributed by atoms with Crippen LogP contribution in [0.3, 0.4) is 0 Å². The molecule has 0 aliphatic carbocycles. The van der Waals surface area contributed by atoms with Gasteiger partial charge in [-0.2, -0.15) is 0 Å². The minimum Gasteiger partial charge on any atom is -0.464 e. The van der Waals surface area contributed by atoms with Gasteiger partial charge in [0.15, 0.2) is 0 Å². The van der Waals surface area contributed by atoms with E-state index in [0.717, 1.165) is 4.90 Å². The monoisotopic (exact) mass is 344 g/mol. The Morgan fingerprint density at radius 1 is 1.38 bits per heavy atom. The Kier molecular flexibility index (Phi) is 6.70. The van der Waals surface area contributed by atoms with Gasteiger partial charge in [0.2, 0.25) is 5.91 Å². The number of aliphatic hydroxyl groups is 1. The number of alkyl carbamates (subject to hydrolysis) is 1. The van der Waals surface area contributed by atoms with Crippen LogP contribution in [0.25, 0.3) is 0 Å². The molecule has 1 saturated heterocycles. The lowest BCUT2D eigenvalue weighted by atomic mass is 10.2. The van der Waals surface area contributed by atoms with Gasteiger partial charge in [-0.15, -0.1) is 0 Å². The molecule has 0 aromatic rings. The van der Waals surface area contributed by atoms with Crippen LogP contribution in [0.4, 0.5) is 4.79 Å². The summed E-state index contributed by atoms with van der Waals surface area (Å²) in [5.74, 6) is -2.11. The summed E-state index contributed by atoms with van der Waals surface area (Å²) in [5.41, 5.74) is -0.788. The molecule has 0 bridgehead atoms. The first-order valence-electron chi connectivity index (χ1n) is 7.73. The fraction of sp³-hybridized carbons (Fsp3) is 0.733. The Morgan fingerprint density at radius 3 is 2.50 bits per heavy atom. The van der Waals surface area contributed by atoms with Gasteiger partial charge in [0, 0.05) is 6.42 Å². The number of nitrogens with zero attached hydrogens (tertiary/aromatic N) is 1. The summed E-state index contributed by atoms with van der Waals surface area (Å²) in [5, 5.41) is 11.6. The Labute approximate surface area is 140 Å². The van der Waals surface area contributed by atoms with E-state index in [1.165, 1.54) is 0 Å². The molecule has 0 spiro atoms. The maximum Gasteiger partial charge on any atom is 0.408 e. The molecule has 1 aliphatic heterocycles. The second kappa shape index (κ2) is 8.09. The quantitative estimate of drug-likeness (QED) is 0.671. The molecule has 2 atom stereocenters. The normalized spacial score (nSPS) is 19.0. The van der Waals surface area contributed by atoms with Crippen molar-refractivity contribution in [2.24, 2.45) is 0 Å². The molecule has 1 heterocycles. The number of nitrogens with one attached hydrogen (secondary N) is 1. The maximum atomic E-state index is 12.5. The van der Waals surface area contributed by atoms with Gasteiger partial charge in [0.05, 0.1) is 13.2 Å². The molecule has 1 fully saturated rings. The van der Waals surface area contributed by atoms with E-state index < -0.39 is 48.2 Å². The maximum absolute atomic E-state index is 12.5. The van der Waals surface area contributed by atoms with E-state index in [9.17, 15) is 24.3 Å². The van der Waals surface area contributed by atoms with Crippen LogP contribution in [0, 0.1) is 0 Å². The van der Waals surface area contributed by atoms with Gasteiger partial charge in [-0.25, -0.2) is 9.59 Å². The molecule has 0 aromatic carbocycles. The SMILES string of the molecule is CCOC(=O)[C@@H]1CCC(=O)N1C(=O)[C@@H](CO)NC(=O)OC(C)(C)C. The molecule has 9 heteroatoms. The lowest BCUT2D eigenvalue weighted by Crippen LogP contribution is -2.55. The number of hydrogen-bond donors (Lipinski definition) is 2. The molecule has 136 valence electrons. The minimum absolute atomic E-state index is 0.0137. The van der Waals surface area contributed by atoms with E-state index in [1.54, 1.807) is 27.7 Å². The van der Waals surface area contributed by atoms with Crippen LogP contribution in [0.2, 0.25) is 0 Å². The third-order valence-corrected chi connectivity index (χ3v) is 3.18. The molecule has 3 amide bonds. The smallest absolute Gasteiger partial charge is 0.408 e. The van der Waals surface area contributed by atoms with Crippen LogP contribution in [0.15, 0.2) is 0 Å². The van der Waals surface area contributed by atoms with Crippen LogP contribution in [0.5, 0.6) is 0 Å². The first-order valence-corrected chi connectivity index (χ1v) is 7.73. The van der Waals surface area contributed by atoms with Crippen molar-refractivity contribution < 1.29 is 33.8 Å². The van der Waals surface area contributed by atoms with Crippen molar-refractivity contribution in [3.63, 3.8) is 0 Å². The van der Waals surface area contributed by atoms with Crippen molar-refractivity contribution in [3.05, 3.63) is 0 Å². The number of aliphatic hydroxyl groups excluding tert-OH is 1. The molecule has 0 unspecified atom stereocenters. The molecular formula is C15H24N2O7. The first kappa shape index (κ1) is 19.9. The van der Waals surface area contributed by atoms with Crippen molar-refractivity contribution in [2.45, 2.75) is 58.2 Å². The van der Waals surface area contributed by atoms with Crippen LogP contribution in [0.1, 0.15) is 40.5 Å². The number of amides is 3. The summed E-state index contributed by atoms with van der Waals surface area (Å²) in [7, 11) is 0. The largest absolute Gasteiger partial charge is 0.464 e. The molecule has 9 nitrogen and oxygen atoms in total. The number of carbonyl (C=O) groups is 4. The molecule has 1 aliphatic rings. The van der Waals surface area contributed by atoms with E-state index in [0.29, 0.717) is 0 Å². The van der Waals surface area contributed by atoms with Gasteiger partial charge in [-0.1, -0.05) is 0 Å². The van der Waals surface area contributed by atoms with Crippen LogP contribution < -0.4 is 5.32 Å². The third kappa shape index (κ3) is 5.19. The van der Waals surface area contributed by atoms with Crippen LogP contribution >= 0.6 is 0 Å². The Morgan fingerprint density at radius 2 is 2.00 bits per heavy atom. The highest BCUT2D eigenvalue weighted by molar-refractivity contribution is 6.04. The number of likely N-dealkylation sites (tertiary alicyclic amines) is 1. The zero-order valence-electron chi connectivity index (χ0n) is 14.3. The zero-order chi connectivity index (χ0) is 18.5. The van der Waals surface area contributed by atoms with Crippen LogP contribution in [-0.2, 0) is 23.9 Å². The highest BCUT2D eigenvalue weighted by Gasteiger charge is 2.43.